The summed E-state index contributed by atoms with van der Waals surface area (Å²) in [6.07, 6.45) is -18.0. The van der Waals surface area contributed by atoms with E-state index in [1.165, 1.54) is 32.3 Å². The summed E-state index contributed by atoms with van der Waals surface area (Å²) in [6, 6.07) is 0. The first-order valence-corrected chi connectivity index (χ1v) is 26.2. The Labute approximate surface area is 409 Å². The van der Waals surface area contributed by atoms with E-state index in [0.717, 1.165) is 38.6 Å². The van der Waals surface area contributed by atoms with E-state index in [1.807, 2.05) is 0 Å². The van der Waals surface area contributed by atoms with Crippen LogP contribution in [0.3, 0.4) is 0 Å². The van der Waals surface area contributed by atoms with Crippen molar-refractivity contribution in [2.45, 2.75) is 234 Å². The fraction of sp³-hybridized carbons (Fsp3) is 0.960. The number of allylic oxidation sites excluding steroid dienone is 1. The maximum absolute atomic E-state index is 12.3. The Morgan fingerprint density at radius 3 is 2.03 bits per heavy atom. The molecule has 10 rings (SSSR count). The van der Waals surface area contributed by atoms with Crippen LogP contribution in [0, 0.1) is 46.3 Å². The molecular weight excluding hydrogens is 919 g/mol. The normalized spacial score (nSPS) is 58.0. The summed E-state index contributed by atoms with van der Waals surface area (Å²) >= 11 is 0. The summed E-state index contributed by atoms with van der Waals surface area (Å²) < 4.78 is 55.9. The Morgan fingerprint density at radius 2 is 1.31 bits per heavy atom. The van der Waals surface area contributed by atoms with Crippen molar-refractivity contribution in [2.75, 3.05) is 19.8 Å². The molecule has 70 heavy (non-hydrogen) atoms. The monoisotopic (exact) mass is 1000 g/mol. The van der Waals surface area contributed by atoms with E-state index in [-0.39, 0.29) is 22.7 Å². The number of ether oxygens (including phenoxy) is 9. The van der Waals surface area contributed by atoms with Crippen LogP contribution >= 0.6 is 0 Å². The second-order valence-electron chi connectivity index (χ2n) is 23.6. The highest BCUT2D eigenvalue weighted by molar-refractivity contribution is 5.27. The highest BCUT2D eigenvalue weighted by atomic mass is 16.8. The van der Waals surface area contributed by atoms with Gasteiger partial charge in [-0.2, -0.15) is 0 Å². The summed E-state index contributed by atoms with van der Waals surface area (Å²) in [7, 11) is 0. The molecule has 0 aromatic rings. The number of aliphatic hydroxyl groups excluding tert-OH is 10. The predicted molar refractivity (Wildman–Crippen MR) is 241 cm³/mol. The van der Waals surface area contributed by atoms with Crippen molar-refractivity contribution in [1.82, 2.24) is 5.32 Å². The molecule has 0 bridgehead atoms. The van der Waals surface area contributed by atoms with Crippen LogP contribution in [0.2, 0.25) is 0 Å². The van der Waals surface area contributed by atoms with Gasteiger partial charge >= 0.3 is 0 Å². The molecule has 0 amide bonds. The van der Waals surface area contributed by atoms with Crippen LogP contribution < -0.4 is 5.32 Å². The minimum absolute atomic E-state index is 0.0520. The molecule has 0 aromatic carbocycles. The van der Waals surface area contributed by atoms with Crippen molar-refractivity contribution in [3.63, 3.8) is 0 Å². The van der Waals surface area contributed by atoms with Crippen molar-refractivity contribution in [3.8, 4) is 0 Å². The molecule has 6 aliphatic heterocycles. The maximum Gasteiger partial charge on any atom is 0.187 e. The zero-order valence-corrected chi connectivity index (χ0v) is 41.3. The zero-order chi connectivity index (χ0) is 49.9. The number of nitrogens with one attached hydrogen (secondary N) is 1. The standard InChI is InChI=1S/C50H81NO19/c1-20-9-14-50(51-17-20)21(2)32-30(70-50)16-28-26-8-7-24-15-25(10-12-48(24,5)27(26)11-13-49(28,32)6)65-47-43(69-45-39(60)36(57)33(54)22(3)63-45)40(61)41(31(18-52)66-47)67-46-42(37(58)34(55)23(4)64-46)68-44-38(59)35(56)29(53)19-62-44/h7,20-23,25-47,51-61H,8-19H2,1-6H3/t20-,21-,22-,23-,25-,26+,27-,28-,29+,30?,31+,32?,33-,34-,35-,36+,37+,38+,39+,40-,41-,42+,43+,44-,45-,46-,47+,48-,49-,50?/m0/s1. The van der Waals surface area contributed by atoms with Gasteiger partial charge in [-0.05, 0) is 112 Å². The third-order valence-corrected chi connectivity index (χ3v) is 19.6. The van der Waals surface area contributed by atoms with Crippen molar-refractivity contribution in [1.29, 1.82) is 0 Å². The Kier molecular flexibility index (Phi) is 14.8. The van der Waals surface area contributed by atoms with Crippen molar-refractivity contribution in [2.24, 2.45) is 46.3 Å². The molecule has 20 nitrogen and oxygen atoms in total. The van der Waals surface area contributed by atoms with E-state index in [2.05, 4.69) is 39.1 Å². The van der Waals surface area contributed by atoms with Gasteiger partial charge in [0.05, 0.1) is 37.6 Å². The van der Waals surface area contributed by atoms with Crippen LogP contribution in [0.5, 0.6) is 0 Å². The molecule has 6 heterocycles. The van der Waals surface area contributed by atoms with Gasteiger partial charge in [0.2, 0.25) is 0 Å². The molecule has 0 radical (unpaired) electrons. The lowest BCUT2D eigenvalue weighted by Crippen LogP contribution is -2.67. The van der Waals surface area contributed by atoms with E-state index in [0.29, 0.717) is 48.3 Å². The van der Waals surface area contributed by atoms with E-state index in [1.54, 1.807) is 0 Å². The maximum atomic E-state index is 12.3. The Hall–Kier alpha value is -1.06. The molecule has 9 fully saturated rings. The number of fused-ring (bicyclic) bond motifs is 7. The van der Waals surface area contributed by atoms with Crippen LogP contribution in [0.15, 0.2) is 11.6 Å². The van der Waals surface area contributed by atoms with Gasteiger partial charge in [-0.25, -0.2) is 0 Å². The first kappa shape index (κ1) is 52.4. The topological polar surface area (TPSA) is 297 Å². The van der Waals surface area contributed by atoms with Gasteiger partial charge < -0.3 is 93.7 Å². The molecule has 30 atom stereocenters. The highest BCUT2D eigenvalue weighted by Crippen LogP contribution is 2.70. The van der Waals surface area contributed by atoms with Gasteiger partial charge in [-0.3, -0.25) is 5.32 Å². The zero-order valence-electron chi connectivity index (χ0n) is 41.3. The lowest BCUT2D eigenvalue weighted by atomic mass is 9.47. The van der Waals surface area contributed by atoms with Crippen molar-refractivity contribution >= 4 is 0 Å². The number of rotatable bonds is 9. The summed E-state index contributed by atoms with van der Waals surface area (Å²) in [5.41, 5.74) is 1.27. The van der Waals surface area contributed by atoms with Crippen LogP contribution in [0.1, 0.15) is 99.3 Å². The lowest BCUT2D eigenvalue weighted by molar-refractivity contribution is -0.397. The van der Waals surface area contributed by atoms with Gasteiger partial charge in [0.25, 0.3) is 0 Å². The van der Waals surface area contributed by atoms with Crippen molar-refractivity contribution < 1.29 is 93.7 Å². The smallest absolute Gasteiger partial charge is 0.187 e. The van der Waals surface area contributed by atoms with Gasteiger partial charge in [-0.15, -0.1) is 0 Å². The Bertz CT molecular complexity index is 1860. The second kappa shape index (κ2) is 19.8. The third-order valence-electron chi connectivity index (χ3n) is 19.6. The molecule has 0 aromatic heterocycles. The molecule has 400 valence electrons. The van der Waals surface area contributed by atoms with Crippen LogP contribution in [-0.2, 0) is 42.6 Å². The number of hydrogen-bond acceptors (Lipinski definition) is 20. The first-order chi connectivity index (χ1) is 33.2. The Morgan fingerprint density at radius 1 is 0.657 bits per heavy atom. The average molecular weight is 1000 g/mol. The van der Waals surface area contributed by atoms with E-state index in [9.17, 15) is 51.1 Å². The van der Waals surface area contributed by atoms with Crippen LogP contribution in [-0.4, -0.2) is 205 Å². The van der Waals surface area contributed by atoms with E-state index in [4.69, 9.17) is 42.6 Å². The number of aliphatic hydroxyl groups is 10. The summed E-state index contributed by atoms with van der Waals surface area (Å²) in [6.45, 7) is 12.5. The minimum atomic E-state index is -1.78. The molecule has 6 saturated heterocycles. The fourth-order valence-corrected chi connectivity index (χ4v) is 15.3. The number of hydrogen-bond donors (Lipinski definition) is 11. The fourth-order valence-electron chi connectivity index (χ4n) is 15.3. The predicted octanol–water partition coefficient (Wildman–Crippen LogP) is -0.722. The van der Waals surface area contributed by atoms with Gasteiger partial charge in [0.1, 0.15) is 85.1 Å². The van der Waals surface area contributed by atoms with Crippen LogP contribution in [0.25, 0.3) is 0 Å². The largest absolute Gasteiger partial charge is 0.394 e. The van der Waals surface area contributed by atoms with Crippen LogP contribution in [0.4, 0.5) is 0 Å². The molecule has 3 unspecified atom stereocenters. The van der Waals surface area contributed by atoms with E-state index >= 15 is 0 Å². The average Bonchev–Trinajstić information content (AvgIpc) is 3.78. The van der Waals surface area contributed by atoms with Gasteiger partial charge in [0, 0.05) is 12.5 Å². The summed E-state index contributed by atoms with van der Waals surface area (Å²) in [4.78, 5) is 0. The molecule has 11 N–H and O–H groups in total. The first-order valence-electron chi connectivity index (χ1n) is 26.2. The number of piperidine rings is 1. The minimum Gasteiger partial charge on any atom is -0.394 e. The summed E-state index contributed by atoms with van der Waals surface area (Å²) in [5, 5.41) is 112. The Balaban J connectivity index is 0.865. The molecule has 3 saturated carbocycles. The molecule has 20 heteroatoms. The SMILES string of the molecule is C[C@H]1CCC2(NC1)OC1C[C@H]3[C@@H]4CC=C5C[C@@H](O[C@@H]6O[C@H](CO)[C@H](O[C@@H]7O[C@@H](C)[C@H](O)[C@@H](O)[C@H]7O[C@@H]7OC[C@@H](O)[C@H](O)[C@H]7O)[C@H](O)[C@H]6O[C@@H]6O[C@@H](C)[C@H](O)[C@@H](O)[C@H]6O)CC[C@]5(C)[C@H]4CC[C@]3(C)C1[C@@H]2C. The van der Waals surface area contributed by atoms with E-state index < -0.39 is 136 Å². The summed E-state index contributed by atoms with van der Waals surface area (Å²) in [5.74, 6) is 3.25. The highest BCUT2D eigenvalue weighted by Gasteiger charge is 2.68. The third kappa shape index (κ3) is 8.79. The van der Waals surface area contributed by atoms with Gasteiger partial charge in [0.15, 0.2) is 25.2 Å². The quantitative estimate of drug-likeness (QED) is 0.127. The molecule has 1 spiro atoms. The second-order valence-corrected chi connectivity index (χ2v) is 23.6. The molecule has 10 aliphatic rings. The molecular formula is C50H81NO19. The van der Waals surface area contributed by atoms with Crippen molar-refractivity contribution in [3.05, 3.63) is 11.6 Å². The lowest BCUT2D eigenvalue weighted by Gasteiger charge is -2.59. The van der Waals surface area contributed by atoms with Gasteiger partial charge in [-0.1, -0.05) is 39.3 Å². The molecule has 4 aliphatic carbocycles.